The molecule has 0 spiro atoms. The van der Waals surface area contributed by atoms with Crippen LogP contribution in [0.15, 0.2) is 29.2 Å². The predicted octanol–water partition coefficient (Wildman–Crippen LogP) is 2.17. The lowest BCUT2D eigenvalue weighted by atomic mass is 10.1. The van der Waals surface area contributed by atoms with Crippen molar-refractivity contribution in [2.45, 2.75) is 30.8 Å². The fraction of sp³-hybridized carbons (Fsp3) is 0.538. The number of methoxy groups -OCH3 is 1. The van der Waals surface area contributed by atoms with E-state index in [0.717, 1.165) is 12.0 Å². The Balaban J connectivity index is 2.77. The summed E-state index contributed by atoms with van der Waals surface area (Å²) in [5.41, 5.74) is 0.484. The zero-order valence-electron chi connectivity index (χ0n) is 11.4. The Bertz CT molecular complexity index is 497. The molecule has 0 bridgehead atoms. The van der Waals surface area contributed by atoms with Crippen molar-refractivity contribution in [3.63, 3.8) is 0 Å². The van der Waals surface area contributed by atoms with Crippen LogP contribution in [-0.2, 0) is 21.2 Å². The van der Waals surface area contributed by atoms with Gasteiger partial charge < -0.3 is 4.74 Å². The molecule has 0 aliphatic carbocycles. The SMILES string of the molecule is COC(C)(C)CNS(=O)(=O)c1ccc(CCCl)cc1. The van der Waals surface area contributed by atoms with E-state index in [9.17, 15) is 8.42 Å². The molecule has 0 unspecified atom stereocenters. The summed E-state index contributed by atoms with van der Waals surface area (Å²) in [6.45, 7) is 3.85. The van der Waals surface area contributed by atoms with E-state index in [1.54, 1.807) is 31.4 Å². The highest BCUT2D eigenvalue weighted by Gasteiger charge is 2.21. The quantitative estimate of drug-likeness (QED) is 0.786. The van der Waals surface area contributed by atoms with E-state index < -0.39 is 15.6 Å². The number of halogens is 1. The minimum Gasteiger partial charge on any atom is -0.377 e. The van der Waals surface area contributed by atoms with Crippen LogP contribution in [0.2, 0.25) is 0 Å². The van der Waals surface area contributed by atoms with E-state index in [-0.39, 0.29) is 11.4 Å². The van der Waals surface area contributed by atoms with Crippen molar-refractivity contribution in [3.8, 4) is 0 Å². The Labute approximate surface area is 120 Å². The van der Waals surface area contributed by atoms with Crippen LogP contribution in [-0.4, -0.2) is 33.6 Å². The molecule has 0 fully saturated rings. The first-order chi connectivity index (χ1) is 8.80. The van der Waals surface area contributed by atoms with E-state index in [1.807, 2.05) is 13.8 Å². The molecule has 1 N–H and O–H groups in total. The average Bonchev–Trinajstić information content (AvgIpc) is 2.38. The summed E-state index contributed by atoms with van der Waals surface area (Å²) >= 11 is 5.64. The van der Waals surface area contributed by atoms with E-state index >= 15 is 0 Å². The summed E-state index contributed by atoms with van der Waals surface area (Å²) in [7, 11) is -1.95. The van der Waals surface area contributed by atoms with Gasteiger partial charge in [0.05, 0.1) is 10.5 Å². The van der Waals surface area contributed by atoms with Gasteiger partial charge in [0.2, 0.25) is 10.0 Å². The summed E-state index contributed by atoms with van der Waals surface area (Å²) < 4.78 is 31.9. The first kappa shape index (κ1) is 16.4. The van der Waals surface area contributed by atoms with Crippen molar-refractivity contribution in [3.05, 3.63) is 29.8 Å². The van der Waals surface area contributed by atoms with Gasteiger partial charge in [-0.2, -0.15) is 0 Å². The zero-order valence-corrected chi connectivity index (χ0v) is 13.0. The lowest BCUT2D eigenvalue weighted by Crippen LogP contribution is -2.39. The van der Waals surface area contributed by atoms with Crippen molar-refractivity contribution < 1.29 is 13.2 Å². The first-order valence-corrected chi connectivity index (χ1v) is 8.02. The number of ether oxygens (including phenoxy) is 1. The second-order valence-electron chi connectivity index (χ2n) is 4.87. The Hall–Kier alpha value is -0.620. The molecular weight excluding hydrogens is 286 g/mol. The highest BCUT2D eigenvalue weighted by molar-refractivity contribution is 7.89. The molecule has 1 rings (SSSR count). The molecule has 0 aliphatic rings. The third-order valence-electron chi connectivity index (χ3n) is 2.86. The lowest BCUT2D eigenvalue weighted by Gasteiger charge is -2.23. The molecule has 1 aromatic carbocycles. The molecule has 1 aromatic rings. The highest BCUT2D eigenvalue weighted by atomic mass is 35.5. The minimum atomic E-state index is -3.50. The van der Waals surface area contributed by atoms with Crippen LogP contribution in [0, 0.1) is 0 Å². The summed E-state index contributed by atoms with van der Waals surface area (Å²) in [4.78, 5) is 0.248. The molecule has 0 heterocycles. The molecule has 19 heavy (non-hydrogen) atoms. The van der Waals surface area contributed by atoms with Gasteiger partial charge in [0.15, 0.2) is 0 Å². The van der Waals surface area contributed by atoms with Gasteiger partial charge in [-0.25, -0.2) is 13.1 Å². The fourth-order valence-electron chi connectivity index (χ4n) is 1.37. The number of aryl methyl sites for hydroxylation is 1. The average molecular weight is 306 g/mol. The van der Waals surface area contributed by atoms with E-state index in [2.05, 4.69) is 4.72 Å². The number of hydrogen-bond donors (Lipinski definition) is 1. The number of rotatable bonds is 7. The second-order valence-corrected chi connectivity index (χ2v) is 7.02. The van der Waals surface area contributed by atoms with Gasteiger partial charge in [-0.3, -0.25) is 0 Å². The van der Waals surface area contributed by atoms with Crippen LogP contribution in [0.4, 0.5) is 0 Å². The maximum atomic E-state index is 12.1. The maximum absolute atomic E-state index is 12.1. The molecule has 0 saturated heterocycles. The first-order valence-electron chi connectivity index (χ1n) is 6.00. The van der Waals surface area contributed by atoms with E-state index in [1.165, 1.54) is 0 Å². The molecular formula is C13H20ClNO3S. The number of sulfonamides is 1. The predicted molar refractivity (Wildman–Crippen MR) is 77.1 cm³/mol. The Kier molecular flexibility index (Phi) is 5.80. The molecule has 0 saturated carbocycles. The molecule has 0 aromatic heterocycles. The lowest BCUT2D eigenvalue weighted by molar-refractivity contribution is 0.0276. The monoisotopic (exact) mass is 305 g/mol. The summed E-state index contributed by atoms with van der Waals surface area (Å²) in [5.74, 6) is 0.520. The van der Waals surface area contributed by atoms with E-state index in [4.69, 9.17) is 16.3 Å². The van der Waals surface area contributed by atoms with Gasteiger partial charge in [-0.05, 0) is 38.0 Å². The minimum absolute atomic E-state index is 0.218. The van der Waals surface area contributed by atoms with Crippen molar-refractivity contribution >= 4 is 21.6 Å². The molecule has 0 aliphatic heterocycles. The van der Waals surface area contributed by atoms with Crippen LogP contribution in [0.25, 0.3) is 0 Å². The van der Waals surface area contributed by atoms with Crippen LogP contribution in [0.1, 0.15) is 19.4 Å². The van der Waals surface area contributed by atoms with Crippen LogP contribution < -0.4 is 4.72 Å². The van der Waals surface area contributed by atoms with Gasteiger partial charge in [0, 0.05) is 19.5 Å². The zero-order chi connectivity index (χ0) is 14.5. The fourth-order valence-corrected chi connectivity index (χ4v) is 2.79. The van der Waals surface area contributed by atoms with Crippen molar-refractivity contribution in [2.24, 2.45) is 0 Å². The van der Waals surface area contributed by atoms with Gasteiger partial charge in [-0.1, -0.05) is 12.1 Å². The number of nitrogens with one attached hydrogen (secondary N) is 1. The normalized spacial score (nSPS) is 12.6. The molecule has 4 nitrogen and oxygen atoms in total. The van der Waals surface area contributed by atoms with Gasteiger partial charge in [0.1, 0.15) is 0 Å². The van der Waals surface area contributed by atoms with Gasteiger partial charge >= 0.3 is 0 Å². The highest BCUT2D eigenvalue weighted by Crippen LogP contribution is 2.13. The third-order valence-corrected chi connectivity index (χ3v) is 4.46. The van der Waals surface area contributed by atoms with Crippen LogP contribution >= 0.6 is 11.6 Å². The maximum Gasteiger partial charge on any atom is 0.240 e. The van der Waals surface area contributed by atoms with Crippen LogP contribution in [0.5, 0.6) is 0 Å². The number of hydrogen-bond acceptors (Lipinski definition) is 3. The Morgan fingerprint density at radius 2 is 1.84 bits per heavy atom. The Morgan fingerprint density at radius 3 is 2.32 bits per heavy atom. The largest absolute Gasteiger partial charge is 0.377 e. The summed E-state index contributed by atoms with van der Waals surface area (Å²) in [6.07, 6.45) is 0.728. The molecule has 0 amide bonds. The molecule has 0 radical (unpaired) electrons. The standard InChI is InChI=1S/C13H20ClNO3S/c1-13(2,18-3)10-15-19(16,17)12-6-4-11(5-7-12)8-9-14/h4-7,15H,8-10H2,1-3H3. The Morgan fingerprint density at radius 1 is 1.26 bits per heavy atom. The van der Waals surface area contributed by atoms with Crippen LogP contribution in [0.3, 0.4) is 0 Å². The molecule has 0 atom stereocenters. The van der Waals surface area contributed by atoms with Gasteiger partial charge in [-0.15, -0.1) is 11.6 Å². The van der Waals surface area contributed by atoms with Gasteiger partial charge in [0.25, 0.3) is 0 Å². The number of alkyl halides is 1. The summed E-state index contributed by atoms with van der Waals surface area (Å²) in [5, 5.41) is 0. The van der Waals surface area contributed by atoms with E-state index in [0.29, 0.717) is 5.88 Å². The molecule has 108 valence electrons. The van der Waals surface area contributed by atoms with Crippen molar-refractivity contribution in [2.75, 3.05) is 19.5 Å². The second kappa shape index (κ2) is 6.70. The summed E-state index contributed by atoms with van der Waals surface area (Å²) in [6, 6.07) is 6.73. The topological polar surface area (TPSA) is 55.4 Å². The molecule has 6 heteroatoms. The third kappa shape index (κ3) is 5.10. The smallest absolute Gasteiger partial charge is 0.240 e. The van der Waals surface area contributed by atoms with Crippen molar-refractivity contribution in [1.82, 2.24) is 4.72 Å². The van der Waals surface area contributed by atoms with Crippen molar-refractivity contribution in [1.29, 1.82) is 0 Å². The number of benzene rings is 1.